The molecule has 1 aliphatic rings. The van der Waals surface area contributed by atoms with Crippen molar-refractivity contribution >= 4 is 22.2 Å². The molecule has 6 heteroatoms. The summed E-state index contributed by atoms with van der Waals surface area (Å²) in [5.41, 5.74) is 2.14. The number of carbonyl (C=O) groups is 1. The first-order chi connectivity index (χ1) is 12.0. The summed E-state index contributed by atoms with van der Waals surface area (Å²) < 4.78 is 10.4. The lowest BCUT2D eigenvalue weighted by atomic mass is 9.88. The minimum atomic E-state index is -0.277. The van der Waals surface area contributed by atoms with E-state index in [1.54, 1.807) is 32.4 Å². The monoisotopic (exact) mass is 356 g/mol. The molecule has 0 fully saturated rings. The van der Waals surface area contributed by atoms with Gasteiger partial charge in [0, 0.05) is 16.5 Å². The van der Waals surface area contributed by atoms with Crippen LogP contribution in [-0.2, 0) is 12.8 Å². The number of anilines is 1. The van der Waals surface area contributed by atoms with E-state index in [4.69, 9.17) is 9.47 Å². The van der Waals surface area contributed by atoms with Gasteiger partial charge in [0.2, 0.25) is 0 Å². The van der Waals surface area contributed by atoms with Crippen LogP contribution in [0.5, 0.6) is 11.5 Å². The first-order valence-corrected chi connectivity index (χ1v) is 8.96. The van der Waals surface area contributed by atoms with Crippen molar-refractivity contribution in [3.8, 4) is 17.6 Å². The van der Waals surface area contributed by atoms with Gasteiger partial charge in [-0.05, 0) is 42.9 Å². The largest absolute Gasteiger partial charge is 0.497 e. The second-order valence-corrected chi connectivity index (χ2v) is 7.33. The SMILES string of the molecule is COc1cc(OC)cc(C(=O)Nc2sc3c(c2C#N)C[C@H](C)CC3)c1. The molecule has 1 amide bonds. The average Bonchev–Trinajstić information content (AvgIpc) is 2.97. The van der Waals surface area contributed by atoms with Crippen LogP contribution in [0.4, 0.5) is 5.00 Å². The highest BCUT2D eigenvalue weighted by molar-refractivity contribution is 7.16. The lowest BCUT2D eigenvalue weighted by Crippen LogP contribution is -2.13. The van der Waals surface area contributed by atoms with Gasteiger partial charge in [-0.25, -0.2) is 0 Å². The topological polar surface area (TPSA) is 71.3 Å². The van der Waals surface area contributed by atoms with E-state index in [0.717, 1.165) is 24.8 Å². The molecule has 0 saturated heterocycles. The molecule has 130 valence electrons. The first-order valence-electron chi connectivity index (χ1n) is 8.14. The average molecular weight is 356 g/mol. The van der Waals surface area contributed by atoms with Gasteiger partial charge in [0.25, 0.3) is 5.91 Å². The van der Waals surface area contributed by atoms with E-state index in [0.29, 0.717) is 33.5 Å². The Morgan fingerprint density at radius 2 is 1.96 bits per heavy atom. The zero-order valence-electron chi connectivity index (χ0n) is 14.5. The van der Waals surface area contributed by atoms with E-state index < -0.39 is 0 Å². The minimum Gasteiger partial charge on any atom is -0.497 e. The third kappa shape index (κ3) is 3.47. The number of rotatable bonds is 4. The molecule has 1 aliphatic carbocycles. The zero-order valence-corrected chi connectivity index (χ0v) is 15.3. The van der Waals surface area contributed by atoms with Crippen LogP contribution in [0.2, 0.25) is 0 Å². The van der Waals surface area contributed by atoms with E-state index in [2.05, 4.69) is 18.3 Å². The van der Waals surface area contributed by atoms with Gasteiger partial charge in [0.05, 0.1) is 19.8 Å². The predicted molar refractivity (Wildman–Crippen MR) is 97.7 cm³/mol. The maximum Gasteiger partial charge on any atom is 0.256 e. The number of fused-ring (bicyclic) bond motifs is 1. The number of methoxy groups -OCH3 is 2. The zero-order chi connectivity index (χ0) is 18.0. The number of amides is 1. The van der Waals surface area contributed by atoms with E-state index in [1.807, 2.05) is 0 Å². The molecule has 25 heavy (non-hydrogen) atoms. The number of hydrogen-bond donors (Lipinski definition) is 1. The molecule has 2 aromatic rings. The third-order valence-electron chi connectivity index (χ3n) is 4.46. The van der Waals surface area contributed by atoms with Crippen molar-refractivity contribution in [1.29, 1.82) is 5.26 Å². The fraction of sp³-hybridized carbons (Fsp3) is 0.368. The highest BCUT2D eigenvalue weighted by Crippen LogP contribution is 2.39. The maximum absolute atomic E-state index is 12.7. The molecule has 0 bridgehead atoms. The van der Waals surface area contributed by atoms with E-state index in [1.165, 1.54) is 16.2 Å². The summed E-state index contributed by atoms with van der Waals surface area (Å²) in [6.07, 6.45) is 3.00. The molecule has 1 N–H and O–H groups in total. The second-order valence-electron chi connectivity index (χ2n) is 6.22. The fourth-order valence-corrected chi connectivity index (χ4v) is 4.27. The summed E-state index contributed by atoms with van der Waals surface area (Å²) in [6, 6.07) is 7.29. The number of benzene rings is 1. The molecule has 0 spiro atoms. The molecule has 0 saturated carbocycles. The van der Waals surface area contributed by atoms with Gasteiger partial charge in [-0.3, -0.25) is 4.79 Å². The van der Waals surface area contributed by atoms with Crippen LogP contribution in [0.1, 0.15) is 39.7 Å². The van der Waals surface area contributed by atoms with Crippen LogP contribution < -0.4 is 14.8 Å². The number of nitriles is 1. The van der Waals surface area contributed by atoms with Crippen molar-refractivity contribution in [3.63, 3.8) is 0 Å². The molecule has 1 heterocycles. The summed E-state index contributed by atoms with van der Waals surface area (Å²) >= 11 is 1.51. The normalized spacial score (nSPS) is 15.8. The Hall–Kier alpha value is -2.52. The van der Waals surface area contributed by atoms with Crippen molar-refractivity contribution < 1.29 is 14.3 Å². The Kier molecular flexibility index (Phi) is 4.95. The minimum absolute atomic E-state index is 0.277. The van der Waals surface area contributed by atoms with Crippen molar-refractivity contribution in [2.45, 2.75) is 26.2 Å². The Labute approximate surface area is 151 Å². The molecule has 5 nitrogen and oxygen atoms in total. The fourth-order valence-electron chi connectivity index (χ4n) is 3.08. The molecule has 0 unspecified atom stereocenters. The van der Waals surface area contributed by atoms with Crippen LogP contribution in [0, 0.1) is 17.2 Å². The number of thiophene rings is 1. The Bertz CT molecular complexity index is 829. The Morgan fingerprint density at radius 1 is 1.28 bits per heavy atom. The molecule has 1 aromatic carbocycles. The molecule has 0 aliphatic heterocycles. The summed E-state index contributed by atoms with van der Waals surface area (Å²) in [5, 5.41) is 13.1. The predicted octanol–water partition coefficient (Wildman–Crippen LogP) is 4.01. The third-order valence-corrected chi connectivity index (χ3v) is 5.67. The highest BCUT2D eigenvalue weighted by atomic mass is 32.1. The van der Waals surface area contributed by atoms with Crippen LogP contribution in [0.25, 0.3) is 0 Å². The number of hydrogen-bond acceptors (Lipinski definition) is 5. The van der Waals surface area contributed by atoms with E-state index in [9.17, 15) is 10.1 Å². The van der Waals surface area contributed by atoms with Gasteiger partial charge in [0.15, 0.2) is 0 Å². The summed E-state index contributed by atoms with van der Waals surface area (Å²) in [7, 11) is 3.08. The van der Waals surface area contributed by atoms with Crippen LogP contribution in [0.3, 0.4) is 0 Å². The molecular weight excluding hydrogens is 336 g/mol. The van der Waals surface area contributed by atoms with Crippen LogP contribution in [0.15, 0.2) is 18.2 Å². The molecule has 1 atom stereocenters. The Balaban J connectivity index is 1.90. The summed E-state index contributed by atoms with van der Waals surface area (Å²) in [4.78, 5) is 13.9. The van der Waals surface area contributed by atoms with Gasteiger partial charge in [-0.15, -0.1) is 11.3 Å². The van der Waals surface area contributed by atoms with Crippen LogP contribution in [-0.4, -0.2) is 20.1 Å². The molecular formula is C19H20N2O3S. The standard InChI is InChI=1S/C19H20N2O3S/c1-11-4-5-17-15(6-11)16(10-20)19(25-17)21-18(22)12-7-13(23-2)9-14(8-12)24-3/h7-9,11H,4-6H2,1-3H3,(H,21,22)/t11-/m1/s1. The molecule has 3 rings (SSSR count). The Morgan fingerprint density at radius 3 is 2.56 bits per heavy atom. The van der Waals surface area contributed by atoms with Gasteiger partial charge >= 0.3 is 0 Å². The smallest absolute Gasteiger partial charge is 0.256 e. The maximum atomic E-state index is 12.7. The lowest BCUT2D eigenvalue weighted by Gasteiger charge is -2.17. The molecule has 0 radical (unpaired) electrons. The van der Waals surface area contributed by atoms with E-state index in [-0.39, 0.29) is 5.91 Å². The van der Waals surface area contributed by atoms with Gasteiger partial charge in [-0.2, -0.15) is 5.26 Å². The van der Waals surface area contributed by atoms with Crippen molar-refractivity contribution in [1.82, 2.24) is 0 Å². The van der Waals surface area contributed by atoms with Crippen molar-refractivity contribution in [2.24, 2.45) is 5.92 Å². The highest BCUT2D eigenvalue weighted by Gasteiger charge is 2.25. The summed E-state index contributed by atoms with van der Waals surface area (Å²) in [5.74, 6) is 1.38. The quantitative estimate of drug-likeness (QED) is 0.898. The molecule has 1 aromatic heterocycles. The van der Waals surface area contributed by atoms with E-state index >= 15 is 0 Å². The summed E-state index contributed by atoms with van der Waals surface area (Å²) in [6.45, 7) is 2.20. The van der Waals surface area contributed by atoms with Gasteiger partial charge in [0.1, 0.15) is 22.6 Å². The first kappa shape index (κ1) is 17.3. The van der Waals surface area contributed by atoms with Crippen molar-refractivity contribution in [3.05, 3.63) is 39.8 Å². The number of aryl methyl sites for hydroxylation is 1. The van der Waals surface area contributed by atoms with Crippen LogP contribution >= 0.6 is 11.3 Å². The number of nitrogens with one attached hydrogen (secondary N) is 1. The number of ether oxygens (including phenoxy) is 2. The van der Waals surface area contributed by atoms with Gasteiger partial charge in [-0.1, -0.05) is 6.92 Å². The second kappa shape index (κ2) is 7.16. The lowest BCUT2D eigenvalue weighted by molar-refractivity contribution is 0.102. The number of carbonyl (C=O) groups excluding carboxylic acids is 1. The van der Waals surface area contributed by atoms with Crippen molar-refractivity contribution in [2.75, 3.05) is 19.5 Å². The number of nitrogens with zero attached hydrogens (tertiary/aromatic N) is 1. The van der Waals surface area contributed by atoms with Gasteiger partial charge < -0.3 is 14.8 Å².